The number of anilines is 1. The van der Waals surface area contributed by atoms with E-state index in [2.05, 4.69) is 62.5 Å². The maximum atomic E-state index is 13.6. The Balaban J connectivity index is 1.73. The van der Waals surface area contributed by atoms with Crippen molar-refractivity contribution in [3.05, 3.63) is 75.8 Å². The van der Waals surface area contributed by atoms with E-state index in [0.717, 1.165) is 17.9 Å². The maximum absolute atomic E-state index is 13.6. The molecular weight excluding hydrogens is 371 g/mol. The molecule has 0 aliphatic carbocycles. The molecule has 0 amide bonds. The van der Waals surface area contributed by atoms with Crippen molar-refractivity contribution in [1.29, 1.82) is 0 Å². The highest BCUT2D eigenvalue weighted by molar-refractivity contribution is 9.10. The van der Waals surface area contributed by atoms with E-state index in [1.165, 1.54) is 17.2 Å². The Bertz CT molecular complexity index is 875. The van der Waals surface area contributed by atoms with Gasteiger partial charge >= 0.3 is 0 Å². The second-order valence-electron chi connectivity index (χ2n) is 6.06. The molecule has 2 aromatic carbocycles. The lowest BCUT2D eigenvalue weighted by atomic mass is 9.93. The van der Waals surface area contributed by atoms with Gasteiger partial charge in [-0.05, 0) is 52.5 Å². The minimum atomic E-state index is -0.262. The Morgan fingerprint density at radius 2 is 1.92 bits per heavy atom. The number of nitrogens with zero attached hydrogens (tertiary/aromatic N) is 3. The van der Waals surface area contributed by atoms with Gasteiger partial charge in [0, 0.05) is 0 Å². The highest BCUT2D eigenvalue weighted by atomic mass is 79.9. The zero-order valence-corrected chi connectivity index (χ0v) is 14.7. The van der Waals surface area contributed by atoms with E-state index in [0.29, 0.717) is 4.47 Å². The van der Waals surface area contributed by atoms with Gasteiger partial charge in [0.15, 0.2) is 0 Å². The second kappa shape index (κ2) is 6.02. The third-order valence-corrected chi connectivity index (χ3v) is 5.05. The first-order valence-electron chi connectivity index (χ1n) is 7.79. The van der Waals surface area contributed by atoms with Crippen LogP contribution in [0.5, 0.6) is 0 Å². The summed E-state index contributed by atoms with van der Waals surface area (Å²) in [6.07, 6.45) is 2.36. The molecule has 0 bridgehead atoms. The standard InChI is InChI=1S/C18H16BrFN4/c1-11-2-4-12(5-3-11)16-9-17(24-18(23-16)21-10-22-24)13-6-7-15(20)14(19)8-13/h2-8,10,16-17H,9H2,1H3,(H,21,22,23). The molecule has 6 heteroatoms. The largest absolute Gasteiger partial charge is 0.348 e. The molecule has 24 heavy (non-hydrogen) atoms. The topological polar surface area (TPSA) is 42.7 Å². The van der Waals surface area contributed by atoms with E-state index >= 15 is 0 Å². The van der Waals surface area contributed by atoms with Gasteiger partial charge in [-0.25, -0.2) is 9.07 Å². The molecule has 0 saturated heterocycles. The third-order valence-electron chi connectivity index (χ3n) is 4.44. The summed E-state index contributed by atoms with van der Waals surface area (Å²) in [5.41, 5.74) is 3.45. The molecule has 0 spiro atoms. The molecule has 4 rings (SSSR count). The van der Waals surface area contributed by atoms with Crippen LogP contribution in [0.15, 0.2) is 53.3 Å². The molecule has 2 unspecified atom stereocenters. The van der Waals surface area contributed by atoms with Gasteiger partial charge in [0.2, 0.25) is 5.95 Å². The number of hydrogen-bond donors (Lipinski definition) is 1. The maximum Gasteiger partial charge on any atom is 0.222 e. The van der Waals surface area contributed by atoms with Crippen molar-refractivity contribution in [3.8, 4) is 0 Å². The molecule has 0 fully saturated rings. The van der Waals surface area contributed by atoms with E-state index in [4.69, 9.17) is 0 Å². The summed E-state index contributed by atoms with van der Waals surface area (Å²) in [6.45, 7) is 2.08. The SMILES string of the molecule is Cc1ccc(C2CC(c3ccc(F)c(Br)c3)n3ncnc3N2)cc1. The van der Waals surface area contributed by atoms with Gasteiger partial charge in [-0.2, -0.15) is 10.1 Å². The number of nitrogens with one attached hydrogen (secondary N) is 1. The van der Waals surface area contributed by atoms with Crippen LogP contribution >= 0.6 is 15.9 Å². The lowest BCUT2D eigenvalue weighted by molar-refractivity contribution is 0.430. The number of hydrogen-bond acceptors (Lipinski definition) is 3. The molecule has 1 aliphatic heterocycles. The van der Waals surface area contributed by atoms with Crippen molar-refractivity contribution >= 4 is 21.9 Å². The van der Waals surface area contributed by atoms with Crippen LogP contribution < -0.4 is 5.32 Å². The molecule has 1 N–H and O–H groups in total. The Hall–Kier alpha value is -2.21. The van der Waals surface area contributed by atoms with Crippen LogP contribution in [0.2, 0.25) is 0 Å². The van der Waals surface area contributed by atoms with Crippen molar-refractivity contribution in [2.75, 3.05) is 5.32 Å². The van der Waals surface area contributed by atoms with Crippen LogP contribution in [0.1, 0.15) is 35.2 Å². The molecular formula is C18H16BrFN4. The summed E-state index contributed by atoms with van der Waals surface area (Å²) in [6, 6.07) is 13.8. The van der Waals surface area contributed by atoms with Crippen molar-refractivity contribution in [3.63, 3.8) is 0 Å². The minimum Gasteiger partial charge on any atom is -0.348 e. The molecule has 4 nitrogen and oxygen atoms in total. The van der Waals surface area contributed by atoms with Crippen molar-refractivity contribution < 1.29 is 4.39 Å². The van der Waals surface area contributed by atoms with Gasteiger partial charge in [0.25, 0.3) is 0 Å². The summed E-state index contributed by atoms with van der Waals surface area (Å²) in [5.74, 6) is 0.471. The average Bonchev–Trinajstić information content (AvgIpc) is 3.06. The predicted molar refractivity (Wildman–Crippen MR) is 94.4 cm³/mol. The molecule has 3 aromatic rings. The first-order valence-corrected chi connectivity index (χ1v) is 8.58. The number of aryl methyl sites for hydroxylation is 1. The zero-order chi connectivity index (χ0) is 16.7. The highest BCUT2D eigenvalue weighted by Crippen LogP contribution is 2.38. The van der Waals surface area contributed by atoms with Gasteiger partial charge in [-0.15, -0.1) is 0 Å². The Kier molecular flexibility index (Phi) is 3.84. The summed E-state index contributed by atoms with van der Waals surface area (Å²) >= 11 is 3.28. The monoisotopic (exact) mass is 386 g/mol. The summed E-state index contributed by atoms with van der Waals surface area (Å²) in [5, 5.41) is 7.78. The number of fused-ring (bicyclic) bond motifs is 1. The second-order valence-corrected chi connectivity index (χ2v) is 6.92. The van der Waals surface area contributed by atoms with E-state index in [1.807, 2.05) is 16.8 Å². The van der Waals surface area contributed by atoms with Crippen LogP contribution in [-0.2, 0) is 0 Å². The average molecular weight is 387 g/mol. The van der Waals surface area contributed by atoms with E-state index < -0.39 is 0 Å². The van der Waals surface area contributed by atoms with Gasteiger partial charge in [-0.1, -0.05) is 35.9 Å². The van der Waals surface area contributed by atoms with Crippen molar-refractivity contribution in [1.82, 2.24) is 14.8 Å². The van der Waals surface area contributed by atoms with Crippen molar-refractivity contribution in [2.45, 2.75) is 25.4 Å². The Morgan fingerprint density at radius 3 is 2.67 bits per heavy atom. The van der Waals surface area contributed by atoms with E-state index in [1.54, 1.807) is 6.33 Å². The first kappa shape index (κ1) is 15.3. The molecule has 2 heterocycles. The Morgan fingerprint density at radius 1 is 1.17 bits per heavy atom. The van der Waals surface area contributed by atoms with Gasteiger partial charge in [0.05, 0.1) is 16.6 Å². The van der Waals surface area contributed by atoms with E-state index in [-0.39, 0.29) is 17.9 Å². The summed E-state index contributed by atoms with van der Waals surface area (Å²) < 4.78 is 15.9. The van der Waals surface area contributed by atoms with Crippen LogP contribution in [0.3, 0.4) is 0 Å². The first-order chi connectivity index (χ1) is 11.6. The lowest BCUT2D eigenvalue weighted by Gasteiger charge is -2.32. The third kappa shape index (κ3) is 2.71. The van der Waals surface area contributed by atoms with Crippen molar-refractivity contribution in [2.24, 2.45) is 0 Å². The van der Waals surface area contributed by atoms with Crippen LogP contribution in [0, 0.1) is 12.7 Å². The highest BCUT2D eigenvalue weighted by Gasteiger charge is 2.30. The Labute approximate surface area is 147 Å². The van der Waals surface area contributed by atoms with E-state index in [9.17, 15) is 4.39 Å². The number of rotatable bonds is 2. The molecule has 2 atom stereocenters. The fourth-order valence-electron chi connectivity index (χ4n) is 3.13. The summed E-state index contributed by atoms with van der Waals surface area (Å²) in [4.78, 5) is 4.32. The van der Waals surface area contributed by atoms with Crippen LogP contribution in [0.25, 0.3) is 0 Å². The van der Waals surface area contributed by atoms with Crippen LogP contribution in [-0.4, -0.2) is 14.8 Å². The normalized spacial score (nSPS) is 19.6. The zero-order valence-electron chi connectivity index (χ0n) is 13.1. The smallest absolute Gasteiger partial charge is 0.222 e. The fourth-order valence-corrected chi connectivity index (χ4v) is 3.53. The quantitative estimate of drug-likeness (QED) is 0.697. The molecule has 0 saturated carbocycles. The molecule has 1 aliphatic rings. The fraction of sp³-hybridized carbons (Fsp3) is 0.222. The number of halogens is 2. The van der Waals surface area contributed by atoms with Gasteiger partial charge < -0.3 is 5.32 Å². The lowest BCUT2D eigenvalue weighted by Crippen LogP contribution is -2.28. The molecule has 1 aromatic heterocycles. The predicted octanol–water partition coefficient (Wildman–Crippen LogP) is 4.63. The van der Waals surface area contributed by atoms with Gasteiger partial charge in [0.1, 0.15) is 12.1 Å². The van der Waals surface area contributed by atoms with Crippen LogP contribution in [0.4, 0.5) is 10.3 Å². The number of aromatic nitrogens is 3. The summed E-state index contributed by atoms with van der Waals surface area (Å²) in [7, 11) is 0. The molecule has 122 valence electrons. The van der Waals surface area contributed by atoms with Gasteiger partial charge in [-0.3, -0.25) is 0 Å². The molecule has 0 radical (unpaired) electrons. The minimum absolute atomic E-state index is 0.00644. The number of benzene rings is 2.